The molecule has 0 fully saturated rings. The van der Waals surface area contributed by atoms with Gasteiger partial charge in [-0.15, -0.1) is 0 Å². The smallest absolute Gasteiger partial charge is 0.313 e. The van der Waals surface area contributed by atoms with Gasteiger partial charge in [-0.2, -0.15) is 0 Å². The number of carbonyl (C=O) groups excluding carboxylic acids is 1. The Kier molecular flexibility index (Phi) is 6.21. The SMILES string of the molecule is CCOC(=O)C(CC)(C(C)C)C(CC)C(=O)O. The van der Waals surface area contributed by atoms with Crippen LogP contribution >= 0.6 is 0 Å². The fourth-order valence-corrected chi connectivity index (χ4v) is 2.60. The van der Waals surface area contributed by atoms with Gasteiger partial charge in [0.2, 0.25) is 0 Å². The van der Waals surface area contributed by atoms with Crippen molar-refractivity contribution in [2.45, 2.75) is 47.5 Å². The summed E-state index contributed by atoms with van der Waals surface area (Å²) >= 11 is 0. The summed E-state index contributed by atoms with van der Waals surface area (Å²) in [5.74, 6) is -2.05. The van der Waals surface area contributed by atoms with Crippen LogP contribution in [0.5, 0.6) is 0 Å². The number of esters is 1. The van der Waals surface area contributed by atoms with E-state index in [-0.39, 0.29) is 18.5 Å². The van der Waals surface area contributed by atoms with Gasteiger partial charge < -0.3 is 9.84 Å². The number of hydrogen-bond acceptors (Lipinski definition) is 3. The molecule has 0 saturated carbocycles. The topological polar surface area (TPSA) is 63.6 Å². The van der Waals surface area contributed by atoms with Crippen molar-refractivity contribution in [3.8, 4) is 0 Å². The molecule has 17 heavy (non-hydrogen) atoms. The molecule has 0 aromatic heterocycles. The number of carbonyl (C=O) groups is 2. The normalized spacial score (nSPS) is 16.4. The predicted octanol–water partition coefficient (Wildman–Crippen LogP) is 2.71. The highest BCUT2D eigenvalue weighted by molar-refractivity contribution is 5.84. The summed E-state index contributed by atoms with van der Waals surface area (Å²) < 4.78 is 5.09. The van der Waals surface area contributed by atoms with E-state index in [0.717, 1.165) is 0 Å². The molecule has 2 unspecified atom stereocenters. The number of carboxylic acid groups (broad SMARTS) is 1. The molecule has 0 aromatic carbocycles. The highest BCUT2D eigenvalue weighted by atomic mass is 16.5. The molecule has 0 aliphatic heterocycles. The Bertz CT molecular complexity index is 273. The van der Waals surface area contributed by atoms with Crippen LogP contribution in [0.2, 0.25) is 0 Å². The summed E-state index contributed by atoms with van der Waals surface area (Å²) in [7, 11) is 0. The van der Waals surface area contributed by atoms with Crippen molar-refractivity contribution in [1.82, 2.24) is 0 Å². The van der Waals surface area contributed by atoms with Gasteiger partial charge in [-0.3, -0.25) is 9.59 Å². The molecule has 0 rings (SSSR count). The van der Waals surface area contributed by atoms with Crippen LogP contribution in [0.25, 0.3) is 0 Å². The molecule has 0 amide bonds. The van der Waals surface area contributed by atoms with E-state index >= 15 is 0 Å². The van der Waals surface area contributed by atoms with E-state index in [9.17, 15) is 14.7 Å². The first-order chi connectivity index (χ1) is 7.88. The molecule has 0 heterocycles. The third-order valence-corrected chi connectivity index (χ3v) is 3.60. The molecular weight excluding hydrogens is 220 g/mol. The highest BCUT2D eigenvalue weighted by Crippen LogP contribution is 2.42. The fraction of sp³-hybridized carbons (Fsp3) is 0.846. The van der Waals surface area contributed by atoms with Gasteiger partial charge in [-0.1, -0.05) is 27.7 Å². The van der Waals surface area contributed by atoms with Crippen LogP contribution in [0.1, 0.15) is 47.5 Å². The number of carboxylic acids is 1. The van der Waals surface area contributed by atoms with Gasteiger partial charge in [0.15, 0.2) is 0 Å². The highest BCUT2D eigenvalue weighted by Gasteiger charge is 2.50. The summed E-state index contributed by atoms with van der Waals surface area (Å²) in [6.45, 7) is 9.43. The second kappa shape index (κ2) is 6.62. The van der Waals surface area contributed by atoms with Crippen LogP contribution in [0.4, 0.5) is 0 Å². The quantitative estimate of drug-likeness (QED) is 0.699. The van der Waals surface area contributed by atoms with Crippen molar-refractivity contribution in [2.24, 2.45) is 17.3 Å². The molecule has 100 valence electrons. The van der Waals surface area contributed by atoms with Gasteiger partial charge >= 0.3 is 11.9 Å². The summed E-state index contributed by atoms with van der Waals surface area (Å²) in [4.78, 5) is 23.5. The Balaban J connectivity index is 5.48. The summed E-state index contributed by atoms with van der Waals surface area (Å²) in [6, 6.07) is 0. The average Bonchev–Trinajstić information content (AvgIpc) is 2.24. The van der Waals surface area contributed by atoms with Crippen LogP contribution in [0, 0.1) is 17.3 Å². The van der Waals surface area contributed by atoms with Crippen molar-refractivity contribution in [1.29, 1.82) is 0 Å². The van der Waals surface area contributed by atoms with Gasteiger partial charge in [0.1, 0.15) is 0 Å². The standard InChI is InChI=1S/C13H24O4/c1-6-10(11(14)15)13(7-2,9(4)5)12(16)17-8-3/h9-10H,6-8H2,1-5H3,(H,14,15). The summed E-state index contributed by atoms with van der Waals surface area (Å²) in [5.41, 5.74) is -0.920. The van der Waals surface area contributed by atoms with Crippen molar-refractivity contribution < 1.29 is 19.4 Å². The maximum Gasteiger partial charge on any atom is 0.313 e. The molecule has 4 nitrogen and oxygen atoms in total. The monoisotopic (exact) mass is 244 g/mol. The largest absolute Gasteiger partial charge is 0.481 e. The average molecular weight is 244 g/mol. The Morgan fingerprint density at radius 2 is 1.76 bits per heavy atom. The van der Waals surface area contributed by atoms with Crippen LogP contribution < -0.4 is 0 Å². The Morgan fingerprint density at radius 3 is 2.00 bits per heavy atom. The third kappa shape index (κ3) is 2.99. The second-order valence-electron chi connectivity index (χ2n) is 4.57. The van der Waals surface area contributed by atoms with Crippen molar-refractivity contribution in [2.75, 3.05) is 6.61 Å². The van der Waals surface area contributed by atoms with Gasteiger partial charge in [0.25, 0.3) is 0 Å². The van der Waals surface area contributed by atoms with Crippen molar-refractivity contribution in [3.05, 3.63) is 0 Å². The minimum absolute atomic E-state index is 0.0624. The predicted molar refractivity (Wildman–Crippen MR) is 65.6 cm³/mol. The maximum absolute atomic E-state index is 12.2. The lowest BCUT2D eigenvalue weighted by atomic mass is 9.65. The van der Waals surface area contributed by atoms with E-state index < -0.39 is 17.3 Å². The second-order valence-corrected chi connectivity index (χ2v) is 4.57. The Hall–Kier alpha value is -1.06. The van der Waals surface area contributed by atoms with Crippen LogP contribution in [-0.4, -0.2) is 23.7 Å². The molecule has 4 heteroatoms. The molecule has 0 aromatic rings. The van der Waals surface area contributed by atoms with Crippen molar-refractivity contribution in [3.63, 3.8) is 0 Å². The van der Waals surface area contributed by atoms with Crippen molar-refractivity contribution >= 4 is 11.9 Å². The van der Waals surface area contributed by atoms with E-state index in [0.29, 0.717) is 12.8 Å². The summed E-state index contributed by atoms with van der Waals surface area (Å²) in [6.07, 6.45) is 0.911. The zero-order chi connectivity index (χ0) is 13.6. The lowest BCUT2D eigenvalue weighted by molar-refractivity contribution is -0.172. The van der Waals surface area contributed by atoms with E-state index in [1.807, 2.05) is 20.8 Å². The van der Waals surface area contributed by atoms with Crippen LogP contribution in [0.3, 0.4) is 0 Å². The third-order valence-electron chi connectivity index (χ3n) is 3.60. The lowest BCUT2D eigenvalue weighted by Gasteiger charge is -2.38. The summed E-state index contributed by atoms with van der Waals surface area (Å²) in [5, 5.41) is 9.30. The Morgan fingerprint density at radius 1 is 1.24 bits per heavy atom. The molecule has 1 N–H and O–H groups in total. The van der Waals surface area contributed by atoms with Gasteiger partial charge in [0.05, 0.1) is 17.9 Å². The van der Waals surface area contributed by atoms with Gasteiger partial charge in [0, 0.05) is 0 Å². The molecule has 0 bridgehead atoms. The minimum Gasteiger partial charge on any atom is -0.481 e. The van der Waals surface area contributed by atoms with Gasteiger partial charge in [-0.05, 0) is 25.7 Å². The number of aliphatic carboxylic acids is 1. The zero-order valence-corrected chi connectivity index (χ0v) is 11.4. The molecule has 0 radical (unpaired) electrons. The molecule has 0 saturated heterocycles. The van der Waals surface area contributed by atoms with E-state index in [4.69, 9.17) is 4.74 Å². The molecule has 2 atom stereocenters. The van der Waals surface area contributed by atoms with Crippen LogP contribution in [0.15, 0.2) is 0 Å². The maximum atomic E-state index is 12.2. The lowest BCUT2D eigenvalue weighted by Crippen LogP contribution is -2.47. The van der Waals surface area contributed by atoms with Crippen LogP contribution in [-0.2, 0) is 14.3 Å². The molecular formula is C13H24O4. The zero-order valence-electron chi connectivity index (χ0n) is 11.4. The first-order valence-electron chi connectivity index (χ1n) is 6.28. The number of ether oxygens (including phenoxy) is 1. The van der Waals surface area contributed by atoms with E-state index in [1.165, 1.54) is 0 Å². The molecule has 0 aliphatic carbocycles. The first-order valence-corrected chi connectivity index (χ1v) is 6.28. The fourth-order valence-electron chi connectivity index (χ4n) is 2.60. The minimum atomic E-state index is -0.920. The van der Waals surface area contributed by atoms with E-state index in [1.54, 1.807) is 13.8 Å². The van der Waals surface area contributed by atoms with Gasteiger partial charge in [-0.25, -0.2) is 0 Å². The van der Waals surface area contributed by atoms with E-state index in [2.05, 4.69) is 0 Å². The first kappa shape index (κ1) is 15.9. The molecule has 0 spiro atoms. The Labute approximate surface area is 103 Å². The molecule has 0 aliphatic rings. The number of rotatable bonds is 7. The number of hydrogen-bond donors (Lipinski definition) is 1.